The van der Waals surface area contributed by atoms with Crippen molar-refractivity contribution in [3.05, 3.63) is 65.9 Å². The van der Waals surface area contributed by atoms with Crippen molar-refractivity contribution in [3.63, 3.8) is 0 Å². The van der Waals surface area contributed by atoms with Crippen LogP contribution in [0.4, 0.5) is 11.5 Å². The van der Waals surface area contributed by atoms with Crippen LogP contribution in [0.5, 0.6) is 0 Å². The molecule has 2 N–H and O–H groups in total. The minimum atomic E-state index is -3.81. The Labute approximate surface area is 162 Å². The second-order valence-corrected chi connectivity index (χ2v) is 8.30. The van der Waals surface area contributed by atoms with E-state index in [2.05, 4.69) is 20.4 Å². The average Bonchev–Trinajstić information content (AvgIpc) is 3.00. The number of fused-ring (bicyclic) bond motifs is 1. The number of aromatic nitrogens is 3. The second kappa shape index (κ2) is 7.43. The fourth-order valence-electron chi connectivity index (χ4n) is 3.11. The summed E-state index contributed by atoms with van der Waals surface area (Å²) in [5.74, 6) is 0.0988. The van der Waals surface area contributed by atoms with E-state index in [1.165, 1.54) is 6.07 Å². The number of carbonyl (C=O) groups excluding carboxylic acids is 1. The Morgan fingerprint density at radius 3 is 2.75 bits per heavy atom. The molecule has 0 unspecified atom stereocenters. The fraction of sp³-hybridized carbons (Fsp3) is 0.211. The number of benzene rings is 2. The third kappa shape index (κ3) is 4.04. The number of nitrogens with zero attached hydrogens (tertiary/aromatic N) is 3. The van der Waals surface area contributed by atoms with Crippen molar-refractivity contribution in [1.82, 2.24) is 15.0 Å². The van der Waals surface area contributed by atoms with Gasteiger partial charge in [0.05, 0.1) is 17.6 Å². The Balaban J connectivity index is 1.52. The van der Waals surface area contributed by atoms with Gasteiger partial charge in [0.1, 0.15) is 0 Å². The second-order valence-electron chi connectivity index (χ2n) is 6.61. The van der Waals surface area contributed by atoms with Crippen molar-refractivity contribution >= 4 is 27.4 Å². The number of hydrogen-bond acceptors (Lipinski definition) is 5. The van der Waals surface area contributed by atoms with E-state index >= 15 is 0 Å². The average molecular weight is 397 g/mol. The van der Waals surface area contributed by atoms with Crippen LogP contribution in [0.1, 0.15) is 24.0 Å². The van der Waals surface area contributed by atoms with Gasteiger partial charge in [-0.25, -0.2) is 13.1 Å². The Morgan fingerprint density at radius 1 is 1.11 bits per heavy atom. The normalized spacial score (nSPS) is 14.1. The molecule has 1 aromatic heterocycles. The van der Waals surface area contributed by atoms with E-state index in [0.29, 0.717) is 31.5 Å². The smallest absolute Gasteiger partial charge is 0.263 e. The zero-order valence-electron chi connectivity index (χ0n) is 15.0. The number of carbonyl (C=O) groups is 1. The third-order valence-corrected chi connectivity index (χ3v) is 5.83. The van der Waals surface area contributed by atoms with Crippen LogP contribution in [0.3, 0.4) is 0 Å². The van der Waals surface area contributed by atoms with Crippen LogP contribution < -0.4 is 10.0 Å². The first-order chi connectivity index (χ1) is 13.5. The van der Waals surface area contributed by atoms with Crippen LogP contribution in [0.25, 0.3) is 0 Å². The molecule has 144 valence electrons. The number of anilines is 2. The van der Waals surface area contributed by atoms with Gasteiger partial charge in [-0.1, -0.05) is 35.5 Å². The summed E-state index contributed by atoms with van der Waals surface area (Å²) in [6.45, 7) is 0.494. The van der Waals surface area contributed by atoms with Crippen LogP contribution in [-0.4, -0.2) is 29.3 Å². The summed E-state index contributed by atoms with van der Waals surface area (Å²) < 4.78 is 29.5. The molecule has 1 aliphatic rings. The quantitative estimate of drug-likeness (QED) is 0.688. The Morgan fingerprint density at radius 2 is 1.93 bits per heavy atom. The van der Waals surface area contributed by atoms with Crippen LogP contribution in [-0.2, 0) is 27.8 Å². The third-order valence-electron chi connectivity index (χ3n) is 4.48. The summed E-state index contributed by atoms with van der Waals surface area (Å²) in [5.41, 5.74) is 2.51. The van der Waals surface area contributed by atoms with Crippen molar-refractivity contribution < 1.29 is 13.2 Å². The van der Waals surface area contributed by atoms with Crippen molar-refractivity contribution in [2.24, 2.45) is 0 Å². The molecule has 0 spiro atoms. The van der Waals surface area contributed by atoms with Crippen LogP contribution in [0, 0.1) is 0 Å². The maximum Gasteiger partial charge on any atom is 0.263 e. The summed E-state index contributed by atoms with van der Waals surface area (Å²) in [7, 11) is -3.81. The lowest BCUT2D eigenvalue weighted by molar-refractivity contribution is -0.116. The minimum Gasteiger partial charge on any atom is -0.326 e. The van der Waals surface area contributed by atoms with Gasteiger partial charge in [-0.15, -0.1) is 5.10 Å². The Kier molecular flexibility index (Phi) is 4.82. The van der Waals surface area contributed by atoms with Crippen molar-refractivity contribution in [3.8, 4) is 0 Å². The fourth-order valence-corrected chi connectivity index (χ4v) is 4.14. The van der Waals surface area contributed by atoms with E-state index in [4.69, 9.17) is 0 Å². The number of nitrogens with one attached hydrogen (secondary N) is 2. The number of aryl methyl sites for hydroxylation is 1. The summed E-state index contributed by atoms with van der Waals surface area (Å²) in [6.07, 6.45) is 3.31. The van der Waals surface area contributed by atoms with Gasteiger partial charge < -0.3 is 5.32 Å². The molecule has 0 radical (unpaired) electrons. The van der Waals surface area contributed by atoms with Crippen molar-refractivity contribution in [2.75, 3.05) is 10.0 Å². The van der Waals surface area contributed by atoms with Crippen LogP contribution in [0.2, 0.25) is 0 Å². The SMILES string of the molecule is O=C1CCCc2cc(S(=O)(=O)Nc3cn(Cc4ccccc4)nn3)ccc2N1. The number of hydrogen-bond donors (Lipinski definition) is 2. The predicted molar refractivity (Wildman–Crippen MR) is 104 cm³/mol. The zero-order chi connectivity index (χ0) is 19.6. The minimum absolute atomic E-state index is 0.0532. The van der Waals surface area contributed by atoms with Gasteiger partial charge in [-0.2, -0.15) is 0 Å². The lowest BCUT2D eigenvalue weighted by Crippen LogP contribution is -2.14. The molecule has 0 saturated carbocycles. The molecule has 8 nitrogen and oxygen atoms in total. The summed E-state index contributed by atoms with van der Waals surface area (Å²) in [4.78, 5) is 11.8. The molecule has 2 heterocycles. The Hall–Kier alpha value is -3.20. The van der Waals surface area contributed by atoms with Crippen molar-refractivity contribution in [2.45, 2.75) is 30.7 Å². The highest BCUT2D eigenvalue weighted by molar-refractivity contribution is 7.92. The van der Waals surface area contributed by atoms with E-state index in [1.807, 2.05) is 30.3 Å². The van der Waals surface area contributed by atoms with Crippen LogP contribution >= 0.6 is 0 Å². The van der Waals surface area contributed by atoms with Crippen LogP contribution in [0.15, 0.2) is 59.6 Å². The highest BCUT2D eigenvalue weighted by Crippen LogP contribution is 2.26. The van der Waals surface area contributed by atoms with Gasteiger partial charge in [0.25, 0.3) is 10.0 Å². The number of amides is 1. The largest absolute Gasteiger partial charge is 0.326 e. The molecule has 1 aliphatic heterocycles. The molecule has 0 fully saturated rings. The topological polar surface area (TPSA) is 106 Å². The number of sulfonamides is 1. The first-order valence-corrected chi connectivity index (χ1v) is 10.4. The first-order valence-electron chi connectivity index (χ1n) is 8.89. The summed E-state index contributed by atoms with van der Waals surface area (Å²) in [6, 6.07) is 14.4. The summed E-state index contributed by atoms with van der Waals surface area (Å²) in [5, 5.41) is 10.7. The highest BCUT2D eigenvalue weighted by Gasteiger charge is 2.20. The monoisotopic (exact) mass is 397 g/mol. The molecular weight excluding hydrogens is 378 g/mol. The molecule has 1 amide bonds. The molecule has 0 saturated heterocycles. The molecule has 0 aliphatic carbocycles. The van der Waals surface area contributed by atoms with E-state index in [1.54, 1.807) is 23.0 Å². The van der Waals surface area contributed by atoms with E-state index in [-0.39, 0.29) is 16.6 Å². The highest BCUT2D eigenvalue weighted by atomic mass is 32.2. The molecule has 28 heavy (non-hydrogen) atoms. The molecule has 0 atom stereocenters. The predicted octanol–water partition coefficient (Wildman–Crippen LogP) is 2.40. The van der Waals surface area contributed by atoms with Gasteiger partial charge in [0.15, 0.2) is 5.82 Å². The molecule has 9 heteroatoms. The molecule has 0 bridgehead atoms. The lowest BCUT2D eigenvalue weighted by Gasteiger charge is -2.10. The molecule has 4 rings (SSSR count). The lowest BCUT2D eigenvalue weighted by atomic mass is 10.1. The van der Waals surface area contributed by atoms with Gasteiger partial charge in [-0.3, -0.25) is 9.52 Å². The zero-order valence-corrected chi connectivity index (χ0v) is 15.8. The van der Waals surface area contributed by atoms with Gasteiger partial charge in [-0.05, 0) is 42.2 Å². The molecule has 3 aromatic rings. The molecular formula is C19H19N5O3S. The van der Waals surface area contributed by atoms with Crippen molar-refractivity contribution in [1.29, 1.82) is 0 Å². The van der Waals surface area contributed by atoms with Gasteiger partial charge in [0, 0.05) is 12.1 Å². The number of rotatable bonds is 5. The van der Waals surface area contributed by atoms with E-state index in [9.17, 15) is 13.2 Å². The maximum absolute atomic E-state index is 12.7. The van der Waals surface area contributed by atoms with E-state index < -0.39 is 10.0 Å². The maximum atomic E-state index is 12.7. The summed E-state index contributed by atoms with van der Waals surface area (Å²) >= 11 is 0. The Bertz CT molecular complexity index is 1110. The standard InChI is InChI=1S/C19H19N5O3S/c25-19-8-4-7-15-11-16(9-10-17(15)20-19)28(26,27)22-18-13-24(23-21-18)12-14-5-2-1-3-6-14/h1-3,5-6,9-11,13,22H,4,7-8,12H2,(H,20,25). The molecule has 2 aromatic carbocycles. The van der Waals surface area contributed by atoms with E-state index in [0.717, 1.165) is 11.1 Å². The van der Waals surface area contributed by atoms with Gasteiger partial charge in [0.2, 0.25) is 5.91 Å². The first kappa shape index (κ1) is 18.2. The van der Waals surface area contributed by atoms with Gasteiger partial charge >= 0.3 is 0 Å².